The summed E-state index contributed by atoms with van der Waals surface area (Å²) in [6.07, 6.45) is -0.0180. The molecule has 92 valence electrons. The Hall–Kier alpha value is -1.42. The smallest absolute Gasteiger partial charge is 0.307 e. The standard InChI is InChI=1S/C13H17FO2Si/c1-17(2,3)9-11(8-13(15)16)10-4-6-12(14)7-5-10/h4-7,9H,8H2,1-3H3,(H,15,16)/b11-9-. The molecule has 0 bridgehead atoms. The Morgan fingerprint density at radius 3 is 2.24 bits per heavy atom. The summed E-state index contributed by atoms with van der Waals surface area (Å²) in [5.41, 5.74) is 3.61. The van der Waals surface area contributed by atoms with E-state index in [0.29, 0.717) is 0 Å². The maximum Gasteiger partial charge on any atom is 0.307 e. The van der Waals surface area contributed by atoms with Gasteiger partial charge in [-0.1, -0.05) is 37.5 Å². The van der Waals surface area contributed by atoms with Gasteiger partial charge in [0.1, 0.15) is 5.82 Å². The number of carbonyl (C=O) groups is 1. The van der Waals surface area contributed by atoms with E-state index >= 15 is 0 Å². The highest BCUT2D eigenvalue weighted by molar-refractivity contribution is 6.81. The fourth-order valence-corrected chi connectivity index (χ4v) is 2.90. The second kappa shape index (κ2) is 5.27. The van der Waals surface area contributed by atoms with Crippen LogP contribution < -0.4 is 0 Å². The second-order valence-corrected chi connectivity index (χ2v) is 10.1. The quantitative estimate of drug-likeness (QED) is 0.832. The molecule has 0 fully saturated rings. The molecular formula is C13H17FO2Si. The van der Waals surface area contributed by atoms with Gasteiger partial charge in [-0.3, -0.25) is 4.79 Å². The van der Waals surface area contributed by atoms with Crippen LogP contribution >= 0.6 is 0 Å². The third kappa shape index (κ3) is 4.95. The summed E-state index contributed by atoms with van der Waals surface area (Å²) in [5, 5.41) is 8.90. The molecule has 1 rings (SSSR count). The van der Waals surface area contributed by atoms with E-state index in [0.717, 1.165) is 11.1 Å². The summed E-state index contributed by atoms with van der Waals surface area (Å²) >= 11 is 0. The minimum absolute atomic E-state index is 0.0180. The molecule has 0 aliphatic carbocycles. The third-order valence-electron chi connectivity index (χ3n) is 2.16. The molecule has 0 aromatic heterocycles. The van der Waals surface area contributed by atoms with Crippen molar-refractivity contribution < 1.29 is 14.3 Å². The second-order valence-electron chi connectivity index (χ2n) is 5.11. The molecule has 2 nitrogen and oxygen atoms in total. The van der Waals surface area contributed by atoms with Crippen LogP contribution in [0.3, 0.4) is 0 Å². The van der Waals surface area contributed by atoms with Crippen LogP contribution in [0.5, 0.6) is 0 Å². The third-order valence-corrected chi connectivity index (χ3v) is 3.38. The first-order valence-electron chi connectivity index (χ1n) is 5.47. The molecular weight excluding hydrogens is 235 g/mol. The Kier molecular flexibility index (Phi) is 4.23. The summed E-state index contributed by atoms with van der Waals surface area (Å²) in [6, 6.07) is 5.97. The fourth-order valence-electron chi connectivity index (χ4n) is 1.59. The van der Waals surface area contributed by atoms with Crippen molar-refractivity contribution >= 4 is 19.6 Å². The molecule has 1 aromatic rings. The van der Waals surface area contributed by atoms with E-state index < -0.39 is 14.0 Å². The van der Waals surface area contributed by atoms with Crippen molar-refractivity contribution in [2.45, 2.75) is 26.1 Å². The molecule has 0 aliphatic heterocycles. The molecule has 0 unspecified atom stereocenters. The molecule has 0 amide bonds. The van der Waals surface area contributed by atoms with Gasteiger partial charge in [-0.2, -0.15) is 0 Å². The average Bonchev–Trinajstić information content (AvgIpc) is 2.14. The number of carboxylic acids is 1. The van der Waals surface area contributed by atoms with Gasteiger partial charge in [0.15, 0.2) is 0 Å². The maximum atomic E-state index is 12.8. The van der Waals surface area contributed by atoms with Crippen molar-refractivity contribution in [1.82, 2.24) is 0 Å². The van der Waals surface area contributed by atoms with Gasteiger partial charge in [0, 0.05) is 0 Å². The van der Waals surface area contributed by atoms with Crippen LogP contribution in [0.25, 0.3) is 5.57 Å². The van der Waals surface area contributed by atoms with E-state index in [4.69, 9.17) is 5.11 Å². The number of aliphatic carboxylic acids is 1. The first-order valence-corrected chi connectivity index (χ1v) is 9.05. The zero-order valence-corrected chi connectivity index (χ0v) is 11.3. The van der Waals surface area contributed by atoms with Crippen molar-refractivity contribution in [2.75, 3.05) is 0 Å². The monoisotopic (exact) mass is 252 g/mol. The number of benzene rings is 1. The van der Waals surface area contributed by atoms with Gasteiger partial charge in [-0.15, -0.1) is 0 Å². The first-order chi connectivity index (χ1) is 7.78. The predicted molar refractivity (Wildman–Crippen MR) is 70.0 cm³/mol. The maximum absolute atomic E-state index is 12.8. The van der Waals surface area contributed by atoms with Gasteiger partial charge in [0.25, 0.3) is 0 Å². The van der Waals surface area contributed by atoms with Crippen molar-refractivity contribution in [3.05, 3.63) is 41.3 Å². The Morgan fingerprint density at radius 1 is 1.29 bits per heavy atom. The number of rotatable bonds is 4. The largest absolute Gasteiger partial charge is 0.481 e. The van der Waals surface area contributed by atoms with E-state index in [-0.39, 0.29) is 12.2 Å². The molecule has 1 N–H and O–H groups in total. The van der Waals surface area contributed by atoms with Crippen LogP contribution in [0, 0.1) is 5.82 Å². The van der Waals surface area contributed by atoms with Crippen LogP contribution in [-0.2, 0) is 4.79 Å². The van der Waals surface area contributed by atoms with Gasteiger partial charge < -0.3 is 5.11 Å². The molecule has 0 radical (unpaired) electrons. The lowest BCUT2D eigenvalue weighted by Gasteiger charge is -2.14. The number of hydrogen-bond donors (Lipinski definition) is 1. The number of hydrogen-bond acceptors (Lipinski definition) is 1. The minimum atomic E-state index is -1.50. The number of carboxylic acid groups (broad SMARTS) is 1. The fraction of sp³-hybridized carbons (Fsp3) is 0.308. The highest BCUT2D eigenvalue weighted by Gasteiger charge is 2.14. The van der Waals surface area contributed by atoms with Gasteiger partial charge in [-0.05, 0) is 23.3 Å². The minimum Gasteiger partial charge on any atom is -0.481 e. The van der Waals surface area contributed by atoms with Crippen LogP contribution in [0.15, 0.2) is 30.0 Å². The van der Waals surface area contributed by atoms with Gasteiger partial charge in [0.05, 0.1) is 14.5 Å². The Morgan fingerprint density at radius 2 is 1.82 bits per heavy atom. The molecule has 4 heteroatoms. The van der Waals surface area contributed by atoms with E-state index in [1.165, 1.54) is 12.1 Å². The summed E-state index contributed by atoms with van der Waals surface area (Å²) < 4.78 is 12.8. The topological polar surface area (TPSA) is 37.3 Å². The summed E-state index contributed by atoms with van der Waals surface area (Å²) in [5.74, 6) is -1.17. The normalized spacial score (nSPS) is 12.6. The molecule has 0 spiro atoms. The molecule has 0 saturated carbocycles. The predicted octanol–water partition coefficient (Wildman–Crippen LogP) is 3.56. The SMILES string of the molecule is C[Si](C)(C)/C=C(/CC(=O)O)c1ccc(F)cc1. The highest BCUT2D eigenvalue weighted by atomic mass is 28.3. The zero-order valence-electron chi connectivity index (χ0n) is 10.3. The van der Waals surface area contributed by atoms with Crippen molar-refractivity contribution in [2.24, 2.45) is 0 Å². The molecule has 1 aromatic carbocycles. The molecule has 17 heavy (non-hydrogen) atoms. The Balaban J connectivity index is 3.10. The summed E-state index contributed by atoms with van der Waals surface area (Å²) in [7, 11) is -1.50. The Labute approximate surface area is 102 Å². The highest BCUT2D eigenvalue weighted by Crippen LogP contribution is 2.22. The summed E-state index contributed by atoms with van der Waals surface area (Å²) in [6.45, 7) is 6.41. The lowest BCUT2D eigenvalue weighted by Crippen LogP contribution is -2.17. The van der Waals surface area contributed by atoms with Crippen LogP contribution in [0.2, 0.25) is 19.6 Å². The van der Waals surface area contributed by atoms with E-state index in [1.807, 2.05) is 5.70 Å². The van der Waals surface area contributed by atoms with Gasteiger partial charge in [0.2, 0.25) is 0 Å². The molecule has 0 saturated heterocycles. The van der Waals surface area contributed by atoms with Crippen molar-refractivity contribution in [3.63, 3.8) is 0 Å². The van der Waals surface area contributed by atoms with Gasteiger partial charge in [-0.25, -0.2) is 4.39 Å². The molecule has 0 atom stereocenters. The van der Waals surface area contributed by atoms with E-state index in [9.17, 15) is 9.18 Å². The molecule has 0 heterocycles. The summed E-state index contributed by atoms with van der Waals surface area (Å²) in [4.78, 5) is 10.8. The van der Waals surface area contributed by atoms with Crippen molar-refractivity contribution in [3.8, 4) is 0 Å². The number of halogens is 1. The van der Waals surface area contributed by atoms with Gasteiger partial charge >= 0.3 is 5.97 Å². The molecule has 0 aliphatic rings. The van der Waals surface area contributed by atoms with Crippen LogP contribution in [0.1, 0.15) is 12.0 Å². The first kappa shape index (κ1) is 13.6. The van der Waals surface area contributed by atoms with E-state index in [2.05, 4.69) is 19.6 Å². The zero-order chi connectivity index (χ0) is 13.1. The van der Waals surface area contributed by atoms with E-state index in [1.54, 1.807) is 12.1 Å². The van der Waals surface area contributed by atoms with Crippen molar-refractivity contribution in [1.29, 1.82) is 0 Å². The average molecular weight is 252 g/mol. The van der Waals surface area contributed by atoms with Crippen LogP contribution in [0.4, 0.5) is 4.39 Å². The lowest BCUT2D eigenvalue weighted by atomic mass is 10.0. The lowest BCUT2D eigenvalue weighted by molar-refractivity contribution is -0.135. The van der Waals surface area contributed by atoms with Crippen LogP contribution in [-0.4, -0.2) is 19.1 Å². The Bertz CT molecular complexity index is 430.